The fraction of sp³-hybridized carbons (Fsp3) is 0.438. The Bertz CT molecular complexity index is 532. The van der Waals surface area contributed by atoms with Crippen LogP contribution in [0.4, 0.5) is 0 Å². The summed E-state index contributed by atoms with van der Waals surface area (Å²) in [4.78, 5) is 23.4. The SMILES string of the molecule is CCCCCC(=O)NNC(=S)NC(=O)Cc1ccccc1C. The van der Waals surface area contributed by atoms with Gasteiger partial charge in [0, 0.05) is 6.42 Å². The molecule has 0 aromatic heterocycles. The molecule has 0 saturated carbocycles. The third kappa shape index (κ3) is 7.17. The molecule has 2 amide bonds. The van der Waals surface area contributed by atoms with E-state index in [1.165, 1.54) is 0 Å². The number of unbranched alkanes of at least 4 members (excludes halogenated alkanes) is 2. The zero-order valence-electron chi connectivity index (χ0n) is 13.1. The molecule has 0 fully saturated rings. The van der Waals surface area contributed by atoms with Gasteiger partial charge in [0.05, 0.1) is 6.42 Å². The summed E-state index contributed by atoms with van der Waals surface area (Å²) in [5, 5.41) is 2.64. The molecule has 0 saturated heterocycles. The third-order valence-corrected chi connectivity index (χ3v) is 3.39. The van der Waals surface area contributed by atoms with E-state index in [0.717, 1.165) is 30.4 Å². The van der Waals surface area contributed by atoms with Crippen LogP contribution in [0.3, 0.4) is 0 Å². The number of hydrogen-bond acceptors (Lipinski definition) is 3. The smallest absolute Gasteiger partial charge is 0.238 e. The predicted molar refractivity (Wildman–Crippen MR) is 91.0 cm³/mol. The highest BCUT2D eigenvalue weighted by Crippen LogP contribution is 2.07. The first kappa shape index (κ1) is 18.1. The number of amides is 2. The van der Waals surface area contributed by atoms with Gasteiger partial charge < -0.3 is 5.32 Å². The first-order chi connectivity index (χ1) is 10.5. The van der Waals surface area contributed by atoms with Crippen molar-refractivity contribution in [2.45, 2.75) is 46.0 Å². The fourth-order valence-corrected chi connectivity index (χ4v) is 2.07. The standard InChI is InChI=1S/C16H23N3O2S/c1-3-4-5-10-14(20)18-19-16(22)17-15(21)11-13-9-7-6-8-12(13)2/h6-9H,3-5,10-11H2,1-2H3,(H,18,20)(H2,17,19,21,22). The van der Waals surface area contributed by atoms with Crippen LogP contribution in [0, 0.1) is 6.92 Å². The van der Waals surface area contributed by atoms with E-state index in [-0.39, 0.29) is 23.3 Å². The molecular weight excluding hydrogens is 298 g/mol. The molecule has 1 aromatic carbocycles. The number of carbonyl (C=O) groups excluding carboxylic acids is 2. The molecule has 22 heavy (non-hydrogen) atoms. The van der Waals surface area contributed by atoms with Gasteiger partial charge in [0.1, 0.15) is 0 Å². The lowest BCUT2D eigenvalue weighted by molar-refractivity contribution is -0.122. The summed E-state index contributed by atoms with van der Waals surface area (Å²) in [6.07, 6.45) is 3.62. The van der Waals surface area contributed by atoms with Crippen molar-refractivity contribution in [1.29, 1.82) is 0 Å². The highest BCUT2D eigenvalue weighted by atomic mass is 32.1. The van der Waals surface area contributed by atoms with Gasteiger partial charge in [0.25, 0.3) is 0 Å². The summed E-state index contributed by atoms with van der Waals surface area (Å²) >= 11 is 4.98. The maximum absolute atomic E-state index is 11.9. The molecule has 0 bridgehead atoms. The number of hydrazine groups is 1. The Hall–Kier alpha value is -1.95. The molecular formula is C16H23N3O2S. The molecule has 0 radical (unpaired) electrons. The summed E-state index contributed by atoms with van der Waals surface area (Å²) in [5.41, 5.74) is 7.02. The molecule has 5 nitrogen and oxygen atoms in total. The van der Waals surface area contributed by atoms with Gasteiger partial charge in [0.2, 0.25) is 11.8 Å². The van der Waals surface area contributed by atoms with Crippen molar-refractivity contribution in [1.82, 2.24) is 16.2 Å². The molecule has 0 unspecified atom stereocenters. The quantitative estimate of drug-likeness (QED) is 0.426. The van der Waals surface area contributed by atoms with Crippen LogP contribution in [-0.4, -0.2) is 16.9 Å². The van der Waals surface area contributed by atoms with E-state index in [0.29, 0.717) is 6.42 Å². The van der Waals surface area contributed by atoms with Crippen molar-refractivity contribution in [2.75, 3.05) is 0 Å². The van der Waals surface area contributed by atoms with E-state index in [2.05, 4.69) is 23.1 Å². The van der Waals surface area contributed by atoms with Crippen molar-refractivity contribution in [3.8, 4) is 0 Å². The molecule has 120 valence electrons. The van der Waals surface area contributed by atoms with Crippen molar-refractivity contribution in [3.05, 3.63) is 35.4 Å². The first-order valence-electron chi connectivity index (χ1n) is 7.46. The zero-order valence-corrected chi connectivity index (χ0v) is 13.9. The number of hydrogen-bond donors (Lipinski definition) is 3. The average Bonchev–Trinajstić information content (AvgIpc) is 2.48. The van der Waals surface area contributed by atoms with E-state index in [1.54, 1.807) is 0 Å². The molecule has 3 N–H and O–H groups in total. The number of thiocarbonyl (C=S) groups is 1. The van der Waals surface area contributed by atoms with Crippen LogP contribution < -0.4 is 16.2 Å². The molecule has 1 rings (SSSR count). The van der Waals surface area contributed by atoms with Gasteiger partial charge in [-0.2, -0.15) is 0 Å². The summed E-state index contributed by atoms with van der Waals surface area (Å²) < 4.78 is 0. The van der Waals surface area contributed by atoms with Crippen molar-refractivity contribution in [3.63, 3.8) is 0 Å². The van der Waals surface area contributed by atoms with Gasteiger partial charge in [-0.3, -0.25) is 20.4 Å². The van der Waals surface area contributed by atoms with E-state index < -0.39 is 0 Å². The van der Waals surface area contributed by atoms with E-state index >= 15 is 0 Å². The number of rotatable bonds is 6. The van der Waals surface area contributed by atoms with Gasteiger partial charge in [-0.25, -0.2) is 0 Å². The monoisotopic (exact) mass is 321 g/mol. The Morgan fingerprint density at radius 2 is 1.82 bits per heavy atom. The fourth-order valence-electron chi connectivity index (χ4n) is 1.91. The minimum absolute atomic E-state index is 0.0995. The van der Waals surface area contributed by atoms with Gasteiger partial charge in [-0.15, -0.1) is 0 Å². The average molecular weight is 321 g/mol. The highest BCUT2D eigenvalue weighted by molar-refractivity contribution is 7.80. The van der Waals surface area contributed by atoms with E-state index in [1.807, 2.05) is 31.2 Å². The molecule has 0 atom stereocenters. The second-order valence-electron chi connectivity index (χ2n) is 5.11. The van der Waals surface area contributed by atoms with Crippen LogP contribution >= 0.6 is 12.2 Å². The summed E-state index contributed by atoms with van der Waals surface area (Å²) in [6, 6.07) is 7.68. The molecule has 0 spiro atoms. The van der Waals surface area contributed by atoms with Crippen LogP contribution in [0.15, 0.2) is 24.3 Å². The summed E-state index contributed by atoms with van der Waals surface area (Å²) in [7, 11) is 0. The lowest BCUT2D eigenvalue weighted by atomic mass is 10.1. The minimum Gasteiger partial charge on any atom is -0.302 e. The molecule has 0 aliphatic heterocycles. The maximum atomic E-state index is 11.9. The maximum Gasteiger partial charge on any atom is 0.238 e. The van der Waals surface area contributed by atoms with Crippen LogP contribution in [0.1, 0.15) is 43.7 Å². The first-order valence-corrected chi connectivity index (χ1v) is 7.87. The van der Waals surface area contributed by atoms with Crippen molar-refractivity contribution >= 4 is 29.1 Å². The van der Waals surface area contributed by atoms with E-state index in [4.69, 9.17) is 12.2 Å². The van der Waals surface area contributed by atoms with Gasteiger partial charge in [-0.1, -0.05) is 44.0 Å². The Morgan fingerprint density at radius 1 is 1.09 bits per heavy atom. The lowest BCUT2D eigenvalue weighted by Crippen LogP contribution is -2.48. The molecule has 6 heteroatoms. The third-order valence-electron chi connectivity index (χ3n) is 3.19. The predicted octanol–water partition coefficient (Wildman–Crippen LogP) is 2.14. The highest BCUT2D eigenvalue weighted by Gasteiger charge is 2.08. The number of benzene rings is 1. The lowest BCUT2D eigenvalue weighted by Gasteiger charge is -2.11. The zero-order chi connectivity index (χ0) is 16.4. The van der Waals surface area contributed by atoms with E-state index in [9.17, 15) is 9.59 Å². The Balaban J connectivity index is 2.28. The Kier molecular flexibility index (Phi) is 8.14. The van der Waals surface area contributed by atoms with Crippen LogP contribution in [0.25, 0.3) is 0 Å². The topological polar surface area (TPSA) is 70.2 Å². The van der Waals surface area contributed by atoms with Crippen LogP contribution in [0.2, 0.25) is 0 Å². The Morgan fingerprint density at radius 3 is 2.50 bits per heavy atom. The molecule has 0 aliphatic rings. The number of nitrogens with one attached hydrogen (secondary N) is 3. The molecule has 1 aromatic rings. The Labute approximate surface area is 136 Å². The van der Waals surface area contributed by atoms with Gasteiger partial charge >= 0.3 is 0 Å². The summed E-state index contributed by atoms with van der Waals surface area (Å²) in [5.74, 6) is -0.351. The second kappa shape index (κ2) is 9.89. The largest absolute Gasteiger partial charge is 0.302 e. The minimum atomic E-state index is -0.216. The normalized spacial score (nSPS) is 9.91. The van der Waals surface area contributed by atoms with Crippen molar-refractivity contribution in [2.24, 2.45) is 0 Å². The van der Waals surface area contributed by atoms with Gasteiger partial charge in [0.15, 0.2) is 5.11 Å². The molecule has 0 aliphatic carbocycles. The second-order valence-corrected chi connectivity index (χ2v) is 5.52. The van der Waals surface area contributed by atoms with Crippen molar-refractivity contribution < 1.29 is 9.59 Å². The molecule has 0 heterocycles. The summed E-state index contributed by atoms with van der Waals surface area (Å²) in [6.45, 7) is 4.03. The van der Waals surface area contributed by atoms with Crippen LogP contribution in [0.5, 0.6) is 0 Å². The number of aryl methyl sites for hydroxylation is 1. The van der Waals surface area contributed by atoms with Gasteiger partial charge in [-0.05, 0) is 36.7 Å². The number of carbonyl (C=O) groups is 2. The van der Waals surface area contributed by atoms with Crippen LogP contribution in [-0.2, 0) is 16.0 Å².